The summed E-state index contributed by atoms with van der Waals surface area (Å²) in [5.74, 6) is -0.559. The molecule has 1 aromatic rings. The van der Waals surface area contributed by atoms with Crippen molar-refractivity contribution in [3.8, 4) is 0 Å². The van der Waals surface area contributed by atoms with E-state index in [1.54, 1.807) is 4.90 Å². The first kappa shape index (κ1) is 14.6. The maximum absolute atomic E-state index is 12.0. The van der Waals surface area contributed by atoms with E-state index in [0.29, 0.717) is 25.9 Å². The van der Waals surface area contributed by atoms with Gasteiger partial charge in [0.1, 0.15) is 0 Å². The Morgan fingerprint density at radius 2 is 2.00 bits per heavy atom. The SMILES string of the molecule is Cc1nn(C)c(C)c1CCC(=O)N1CC(CC(=O)O)C1. The number of carbonyl (C=O) groups excluding carboxylic acids is 1. The fourth-order valence-corrected chi connectivity index (χ4v) is 2.72. The van der Waals surface area contributed by atoms with Crippen LogP contribution in [0, 0.1) is 19.8 Å². The van der Waals surface area contributed by atoms with Gasteiger partial charge in [0, 0.05) is 38.2 Å². The maximum atomic E-state index is 12.0. The summed E-state index contributed by atoms with van der Waals surface area (Å²) in [6.45, 7) is 5.12. The van der Waals surface area contributed by atoms with Gasteiger partial charge in [0.05, 0.1) is 12.1 Å². The van der Waals surface area contributed by atoms with Crippen molar-refractivity contribution >= 4 is 11.9 Å². The molecule has 0 aromatic carbocycles. The van der Waals surface area contributed by atoms with E-state index < -0.39 is 5.97 Å². The molecule has 1 saturated heterocycles. The predicted octanol–water partition coefficient (Wildman–Crippen LogP) is 0.903. The minimum absolute atomic E-state index is 0.106. The van der Waals surface area contributed by atoms with Crippen molar-refractivity contribution in [1.82, 2.24) is 14.7 Å². The van der Waals surface area contributed by atoms with Gasteiger partial charge in [0.15, 0.2) is 0 Å². The van der Waals surface area contributed by atoms with Gasteiger partial charge in [-0.25, -0.2) is 0 Å². The summed E-state index contributed by atoms with van der Waals surface area (Å²) in [5, 5.41) is 13.0. The Balaban J connectivity index is 1.81. The molecule has 6 nitrogen and oxygen atoms in total. The van der Waals surface area contributed by atoms with E-state index in [-0.39, 0.29) is 18.2 Å². The largest absolute Gasteiger partial charge is 0.481 e. The lowest BCUT2D eigenvalue weighted by Crippen LogP contribution is -2.50. The molecule has 1 fully saturated rings. The lowest BCUT2D eigenvalue weighted by atomic mass is 9.95. The van der Waals surface area contributed by atoms with Crippen LogP contribution >= 0.6 is 0 Å². The molecule has 0 atom stereocenters. The normalized spacial score (nSPS) is 15.2. The van der Waals surface area contributed by atoms with E-state index in [2.05, 4.69) is 5.10 Å². The number of hydrogen-bond donors (Lipinski definition) is 1. The first-order chi connectivity index (χ1) is 9.38. The summed E-state index contributed by atoms with van der Waals surface area (Å²) < 4.78 is 1.83. The fourth-order valence-electron chi connectivity index (χ4n) is 2.72. The van der Waals surface area contributed by atoms with E-state index in [1.165, 1.54) is 0 Å². The van der Waals surface area contributed by atoms with Crippen molar-refractivity contribution in [1.29, 1.82) is 0 Å². The molecule has 1 aromatic heterocycles. The molecule has 2 rings (SSSR count). The number of aromatic nitrogens is 2. The Bertz CT molecular complexity index is 530. The second kappa shape index (κ2) is 5.64. The van der Waals surface area contributed by atoms with Crippen LogP contribution in [0.4, 0.5) is 0 Å². The van der Waals surface area contributed by atoms with Gasteiger partial charge >= 0.3 is 5.97 Å². The van der Waals surface area contributed by atoms with E-state index in [1.807, 2.05) is 25.6 Å². The van der Waals surface area contributed by atoms with E-state index in [9.17, 15) is 9.59 Å². The quantitative estimate of drug-likeness (QED) is 0.869. The predicted molar refractivity (Wildman–Crippen MR) is 73.3 cm³/mol. The molecular weight excluding hydrogens is 258 g/mol. The molecule has 20 heavy (non-hydrogen) atoms. The van der Waals surface area contributed by atoms with Crippen molar-refractivity contribution < 1.29 is 14.7 Å². The van der Waals surface area contributed by atoms with Gasteiger partial charge in [0.2, 0.25) is 5.91 Å². The van der Waals surface area contributed by atoms with Crippen LogP contribution in [0.1, 0.15) is 29.8 Å². The highest BCUT2D eigenvalue weighted by Crippen LogP contribution is 2.21. The lowest BCUT2D eigenvalue weighted by molar-refractivity contribution is -0.145. The number of carboxylic acid groups (broad SMARTS) is 1. The molecule has 0 spiro atoms. The molecular formula is C14H21N3O3. The third-order valence-corrected chi connectivity index (χ3v) is 4.02. The highest BCUT2D eigenvalue weighted by molar-refractivity contribution is 5.77. The summed E-state index contributed by atoms with van der Waals surface area (Å²) >= 11 is 0. The van der Waals surface area contributed by atoms with Gasteiger partial charge in [-0.1, -0.05) is 0 Å². The first-order valence-electron chi connectivity index (χ1n) is 6.87. The van der Waals surface area contributed by atoms with Gasteiger partial charge in [-0.05, 0) is 25.8 Å². The Kier molecular flexibility index (Phi) is 4.11. The molecule has 0 radical (unpaired) electrons. The van der Waals surface area contributed by atoms with E-state index in [0.717, 1.165) is 17.0 Å². The summed E-state index contributed by atoms with van der Waals surface area (Å²) in [4.78, 5) is 24.3. The Hall–Kier alpha value is -1.85. The molecule has 0 saturated carbocycles. The zero-order chi connectivity index (χ0) is 14.9. The summed E-state index contributed by atoms with van der Waals surface area (Å²) in [6, 6.07) is 0. The zero-order valence-corrected chi connectivity index (χ0v) is 12.2. The summed E-state index contributed by atoms with van der Waals surface area (Å²) in [5.41, 5.74) is 3.22. The van der Waals surface area contributed by atoms with E-state index >= 15 is 0 Å². The second-order valence-corrected chi connectivity index (χ2v) is 5.54. The molecule has 1 aliphatic heterocycles. The number of hydrogen-bond acceptors (Lipinski definition) is 3. The number of rotatable bonds is 5. The molecule has 0 unspecified atom stereocenters. The molecule has 1 aliphatic rings. The van der Waals surface area contributed by atoms with Gasteiger partial charge in [-0.3, -0.25) is 14.3 Å². The number of likely N-dealkylation sites (tertiary alicyclic amines) is 1. The van der Waals surface area contributed by atoms with Crippen LogP contribution in [0.15, 0.2) is 0 Å². The minimum atomic E-state index is -0.788. The third-order valence-electron chi connectivity index (χ3n) is 4.02. The van der Waals surface area contributed by atoms with Crippen LogP contribution in [0.25, 0.3) is 0 Å². The number of amides is 1. The Morgan fingerprint density at radius 1 is 1.35 bits per heavy atom. The van der Waals surface area contributed by atoms with Crippen LogP contribution in [0.2, 0.25) is 0 Å². The van der Waals surface area contributed by atoms with Crippen LogP contribution in [-0.2, 0) is 23.1 Å². The molecule has 6 heteroatoms. The van der Waals surface area contributed by atoms with Gasteiger partial charge in [-0.15, -0.1) is 0 Å². The Labute approximate surface area is 118 Å². The highest BCUT2D eigenvalue weighted by atomic mass is 16.4. The van der Waals surface area contributed by atoms with Gasteiger partial charge in [-0.2, -0.15) is 5.10 Å². The van der Waals surface area contributed by atoms with Gasteiger partial charge in [0.25, 0.3) is 0 Å². The maximum Gasteiger partial charge on any atom is 0.303 e. The third kappa shape index (κ3) is 3.00. The number of nitrogens with zero attached hydrogens (tertiary/aromatic N) is 3. The van der Waals surface area contributed by atoms with Crippen LogP contribution in [0.3, 0.4) is 0 Å². The monoisotopic (exact) mass is 279 g/mol. The Morgan fingerprint density at radius 3 is 2.50 bits per heavy atom. The summed E-state index contributed by atoms with van der Waals surface area (Å²) in [6.07, 6.45) is 1.32. The minimum Gasteiger partial charge on any atom is -0.481 e. The zero-order valence-electron chi connectivity index (χ0n) is 12.2. The first-order valence-corrected chi connectivity index (χ1v) is 6.87. The molecule has 2 heterocycles. The molecule has 110 valence electrons. The topological polar surface area (TPSA) is 75.4 Å². The van der Waals surface area contributed by atoms with E-state index in [4.69, 9.17) is 5.11 Å². The van der Waals surface area contributed by atoms with Crippen LogP contribution in [-0.4, -0.2) is 44.8 Å². The number of aliphatic carboxylic acids is 1. The van der Waals surface area contributed by atoms with Crippen molar-refractivity contribution in [2.75, 3.05) is 13.1 Å². The van der Waals surface area contributed by atoms with Crippen LogP contribution < -0.4 is 0 Å². The molecule has 0 bridgehead atoms. The highest BCUT2D eigenvalue weighted by Gasteiger charge is 2.31. The average molecular weight is 279 g/mol. The lowest BCUT2D eigenvalue weighted by Gasteiger charge is -2.38. The number of aryl methyl sites for hydroxylation is 2. The average Bonchev–Trinajstić information content (AvgIpc) is 2.55. The summed E-state index contributed by atoms with van der Waals surface area (Å²) in [7, 11) is 1.90. The second-order valence-electron chi connectivity index (χ2n) is 5.54. The van der Waals surface area contributed by atoms with Crippen molar-refractivity contribution in [2.45, 2.75) is 33.1 Å². The number of carbonyl (C=O) groups is 2. The van der Waals surface area contributed by atoms with Crippen LogP contribution in [0.5, 0.6) is 0 Å². The molecule has 1 amide bonds. The number of carboxylic acids is 1. The van der Waals surface area contributed by atoms with Gasteiger partial charge < -0.3 is 10.0 Å². The molecule has 0 aliphatic carbocycles. The van der Waals surface area contributed by atoms with Crippen molar-refractivity contribution in [3.05, 3.63) is 17.0 Å². The fraction of sp³-hybridized carbons (Fsp3) is 0.643. The van der Waals surface area contributed by atoms with Crippen molar-refractivity contribution in [3.63, 3.8) is 0 Å². The molecule has 1 N–H and O–H groups in total. The van der Waals surface area contributed by atoms with Crippen molar-refractivity contribution in [2.24, 2.45) is 13.0 Å². The smallest absolute Gasteiger partial charge is 0.303 e. The standard InChI is InChI=1S/C14H21N3O3/c1-9-12(10(2)16(3)15-9)4-5-13(18)17-7-11(8-17)6-14(19)20/h11H,4-8H2,1-3H3,(H,19,20).